The van der Waals surface area contributed by atoms with Crippen LogP contribution in [0.15, 0.2) is 67.0 Å². The molecule has 8 heteroatoms. The molecule has 5 rings (SSSR count). The van der Waals surface area contributed by atoms with Gasteiger partial charge in [-0.2, -0.15) is 0 Å². The molecule has 0 bridgehead atoms. The van der Waals surface area contributed by atoms with Crippen LogP contribution >= 0.6 is 0 Å². The lowest BCUT2D eigenvalue weighted by Crippen LogP contribution is -2.41. The Kier molecular flexibility index (Phi) is 5.57. The SMILES string of the molecule is CC(c1ccccc1)S(=O)(=O)N1CCC(Cn2ccc3cc(-c4cnn[nH]4)ccc32)CC1. The fourth-order valence-electron chi connectivity index (χ4n) is 4.61. The second-order valence-corrected chi connectivity index (χ2v) is 10.8. The van der Waals surface area contributed by atoms with Crippen LogP contribution in [0.4, 0.5) is 0 Å². The molecule has 1 aliphatic rings. The summed E-state index contributed by atoms with van der Waals surface area (Å²) in [5, 5.41) is 11.2. The summed E-state index contributed by atoms with van der Waals surface area (Å²) in [5.41, 5.74) is 4.00. The van der Waals surface area contributed by atoms with Crippen LogP contribution in [0.1, 0.15) is 30.6 Å². The molecule has 1 N–H and O–H groups in total. The molecule has 1 unspecified atom stereocenters. The number of hydrogen-bond donors (Lipinski definition) is 1. The molecule has 166 valence electrons. The Labute approximate surface area is 188 Å². The van der Waals surface area contributed by atoms with E-state index in [1.165, 1.54) is 10.9 Å². The molecular weight excluding hydrogens is 422 g/mol. The highest BCUT2D eigenvalue weighted by molar-refractivity contribution is 7.89. The van der Waals surface area contributed by atoms with Crippen molar-refractivity contribution in [2.75, 3.05) is 13.1 Å². The van der Waals surface area contributed by atoms with Gasteiger partial charge >= 0.3 is 0 Å². The summed E-state index contributed by atoms with van der Waals surface area (Å²) in [6, 6.07) is 18.0. The number of rotatable bonds is 6. The maximum absolute atomic E-state index is 13.1. The average Bonchev–Trinajstić information content (AvgIpc) is 3.50. The predicted octanol–water partition coefficient (Wildman–Crippen LogP) is 4.23. The maximum atomic E-state index is 13.1. The number of H-pyrrole nitrogens is 1. The third-order valence-corrected chi connectivity index (χ3v) is 8.85. The normalized spacial score (nSPS) is 17.0. The van der Waals surface area contributed by atoms with Gasteiger partial charge in [-0.1, -0.05) is 41.6 Å². The molecule has 0 saturated carbocycles. The van der Waals surface area contributed by atoms with E-state index in [0.29, 0.717) is 19.0 Å². The molecule has 3 heterocycles. The topological polar surface area (TPSA) is 83.9 Å². The van der Waals surface area contributed by atoms with Crippen LogP contribution in [0.5, 0.6) is 0 Å². The molecule has 1 aliphatic heterocycles. The number of piperidine rings is 1. The first kappa shape index (κ1) is 20.9. The Hall–Kier alpha value is -2.97. The molecule has 1 saturated heterocycles. The van der Waals surface area contributed by atoms with Gasteiger partial charge in [0, 0.05) is 42.3 Å². The Balaban J connectivity index is 1.25. The zero-order chi connectivity index (χ0) is 22.1. The van der Waals surface area contributed by atoms with Gasteiger partial charge in [0.05, 0.1) is 17.1 Å². The minimum atomic E-state index is -3.35. The van der Waals surface area contributed by atoms with Crippen LogP contribution in [0, 0.1) is 5.92 Å². The maximum Gasteiger partial charge on any atom is 0.220 e. The van der Waals surface area contributed by atoms with E-state index >= 15 is 0 Å². The molecule has 4 aromatic rings. The standard InChI is InChI=1S/C24H27N5O2S/c1-18(20-5-3-2-4-6-20)32(30,31)29-13-9-19(10-14-29)17-28-12-11-22-15-21(7-8-24(22)28)23-16-25-27-26-23/h2-8,11-12,15-16,18-19H,9-10,13-14,17H2,1H3,(H,25,26,27). The monoisotopic (exact) mass is 449 g/mol. The molecule has 1 fully saturated rings. The van der Waals surface area contributed by atoms with Gasteiger partial charge in [0.2, 0.25) is 10.0 Å². The van der Waals surface area contributed by atoms with Crippen molar-refractivity contribution < 1.29 is 8.42 Å². The van der Waals surface area contributed by atoms with Gasteiger partial charge in [0.1, 0.15) is 0 Å². The molecule has 32 heavy (non-hydrogen) atoms. The average molecular weight is 450 g/mol. The molecule has 2 aromatic heterocycles. The number of sulfonamides is 1. The van der Waals surface area contributed by atoms with Crippen LogP contribution in [-0.4, -0.2) is 45.8 Å². The van der Waals surface area contributed by atoms with Gasteiger partial charge in [-0.05, 0) is 49.4 Å². The van der Waals surface area contributed by atoms with Gasteiger partial charge < -0.3 is 4.57 Å². The summed E-state index contributed by atoms with van der Waals surface area (Å²) in [7, 11) is -3.35. The summed E-state index contributed by atoms with van der Waals surface area (Å²) < 4.78 is 30.2. The van der Waals surface area contributed by atoms with E-state index in [9.17, 15) is 8.42 Å². The third-order valence-electron chi connectivity index (χ3n) is 6.60. The van der Waals surface area contributed by atoms with Crippen LogP contribution < -0.4 is 0 Å². The molecule has 0 radical (unpaired) electrons. The minimum absolute atomic E-state index is 0.459. The second-order valence-electron chi connectivity index (χ2n) is 8.55. The van der Waals surface area contributed by atoms with E-state index < -0.39 is 15.3 Å². The lowest BCUT2D eigenvalue weighted by atomic mass is 9.98. The van der Waals surface area contributed by atoms with E-state index in [4.69, 9.17) is 0 Å². The molecule has 0 aliphatic carbocycles. The number of aromatic nitrogens is 4. The largest absolute Gasteiger partial charge is 0.347 e. The highest BCUT2D eigenvalue weighted by atomic mass is 32.2. The van der Waals surface area contributed by atoms with Gasteiger partial charge in [0.25, 0.3) is 0 Å². The van der Waals surface area contributed by atoms with Crippen molar-refractivity contribution >= 4 is 20.9 Å². The number of nitrogens with zero attached hydrogens (tertiary/aromatic N) is 4. The quantitative estimate of drug-likeness (QED) is 0.477. The van der Waals surface area contributed by atoms with Crippen molar-refractivity contribution in [3.8, 4) is 11.3 Å². The van der Waals surface area contributed by atoms with E-state index in [1.807, 2.05) is 30.3 Å². The van der Waals surface area contributed by atoms with Crippen molar-refractivity contribution in [1.29, 1.82) is 0 Å². The summed E-state index contributed by atoms with van der Waals surface area (Å²) >= 11 is 0. The van der Waals surface area contributed by atoms with Crippen molar-refractivity contribution in [3.05, 3.63) is 72.6 Å². The number of fused-ring (bicyclic) bond motifs is 1. The molecule has 7 nitrogen and oxygen atoms in total. The molecular formula is C24H27N5O2S. The lowest BCUT2D eigenvalue weighted by molar-refractivity contribution is 0.253. The van der Waals surface area contributed by atoms with Crippen molar-refractivity contribution in [3.63, 3.8) is 0 Å². The molecule has 1 atom stereocenters. The van der Waals surface area contributed by atoms with Crippen LogP contribution in [0.2, 0.25) is 0 Å². The Morgan fingerprint density at radius 1 is 1.09 bits per heavy atom. The lowest BCUT2D eigenvalue weighted by Gasteiger charge is -2.33. The Morgan fingerprint density at radius 3 is 2.59 bits per heavy atom. The van der Waals surface area contributed by atoms with E-state index in [1.54, 1.807) is 17.4 Å². The van der Waals surface area contributed by atoms with Gasteiger partial charge in [-0.25, -0.2) is 12.7 Å². The first-order valence-corrected chi connectivity index (χ1v) is 12.5. The number of hydrogen-bond acceptors (Lipinski definition) is 4. The highest BCUT2D eigenvalue weighted by Crippen LogP contribution is 2.30. The zero-order valence-electron chi connectivity index (χ0n) is 18.1. The fraction of sp³-hybridized carbons (Fsp3) is 0.333. The van der Waals surface area contributed by atoms with Crippen molar-refractivity contribution in [2.24, 2.45) is 5.92 Å². The van der Waals surface area contributed by atoms with E-state index in [2.05, 4.69) is 50.4 Å². The summed E-state index contributed by atoms with van der Waals surface area (Å²) in [4.78, 5) is 0. The van der Waals surface area contributed by atoms with Crippen molar-refractivity contribution in [2.45, 2.75) is 31.6 Å². The molecule has 0 amide bonds. The number of benzene rings is 2. The van der Waals surface area contributed by atoms with Crippen molar-refractivity contribution in [1.82, 2.24) is 24.3 Å². The highest BCUT2D eigenvalue weighted by Gasteiger charge is 2.33. The number of aromatic amines is 1. The zero-order valence-corrected chi connectivity index (χ0v) is 18.9. The van der Waals surface area contributed by atoms with Crippen LogP contribution in [-0.2, 0) is 16.6 Å². The van der Waals surface area contributed by atoms with Crippen LogP contribution in [0.3, 0.4) is 0 Å². The smallest absolute Gasteiger partial charge is 0.220 e. The van der Waals surface area contributed by atoms with Crippen LogP contribution in [0.25, 0.3) is 22.2 Å². The summed E-state index contributed by atoms with van der Waals surface area (Å²) in [6.45, 7) is 3.85. The molecule has 0 spiro atoms. The van der Waals surface area contributed by atoms with Gasteiger partial charge in [0.15, 0.2) is 0 Å². The fourth-order valence-corrected chi connectivity index (χ4v) is 6.28. The minimum Gasteiger partial charge on any atom is -0.347 e. The van der Waals surface area contributed by atoms with E-state index in [-0.39, 0.29) is 0 Å². The number of nitrogens with one attached hydrogen (secondary N) is 1. The first-order valence-electron chi connectivity index (χ1n) is 11.0. The predicted molar refractivity (Wildman–Crippen MR) is 125 cm³/mol. The third kappa shape index (κ3) is 3.96. The first-order chi connectivity index (χ1) is 15.5. The second kappa shape index (κ2) is 8.52. The van der Waals surface area contributed by atoms with Gasteiger partial charge in [-0.3, -0.25) is 5.10 Å². The molecule has 2 aromatic carbocycles. The summed E-state index contributed by atoms with van der Waals surface area (Å²) in [5.74, 6) is 0.459. The Bertz CT molecular complexity index is 1290. The van der Waals surface area contributed by atoms with Gasteiger partial charge in [-0.15, -0.1) is 5.10 Å². The Morgan fingerprint density at radius 2 is 1.88 bits per heavy atom. The van der Waals surface area contributed by atoms with E-state index in [0.717, 1.165) is 36.2 Å². The summed E-state index contributed by atoms with van der Waals surface area (Å²) in [6.07, 6.45) is 5.59.